The van der Waals surface area contributed by atoms with Crippen LogP contribution in [0.2, 0.25) is 5.02 Å². The minimum absolute atomic E-state index is 0.410. The van der Waals surface area contributed by atoms with Crippen LogP contribution in [0.1, 0.15) is 19.4 Å². The first-order chi connectivity index (χ1) is 7.19. The third-order valence-electron chi connectivity index (χ3n) is 1.98. The van der Waals surface area contributed by atoms with Crippen molar-refractivity contribution >= 4 is 23.6 Å². The minimum atomic E-state index is 0.410. The molecule has 78 valence electrons. The molecule has 1 aromatic carbocycles. The summed E-state index contributed by atoms with van der Waals surface area (Å²) in [6.45, 7) is 3.60. The van der Waals surface area contributed by atoms with Gasteiger partial charge < -0.3 is 0 Å². The van der Waals surface area contributed by atoms with E-state index in [-0.39, 0.29) is 0 Å². The Hall–Kier alpha value is -1.41. The van der Waals surface area contributed by atoms with E-state index in [0.717, 1.165) is 17.6 Å². The normalized spacial score (nSPS) is 12.7. The Morgan fingerprint density at radius 2 is 2.07 bits per heavy atom. The van der Waals surface area contributed by atoms with E-state index < -0.39 is 0 Å². The van der Waals surface area contributed by atoms with Crippen LogP contribution in [0.15, 0.2) is 41.0 Å². The van der Waals surface area contributed by atoms with Crippen molar-refractivity contribution in [1.29, 1.82) is 0 Å². The summed E-state index contributed by atoms with van der Waals surface area (Å²) in [4.78, 5) is 14.7. The largest absolute Gasteiger partial charge is 0.296 e. The van der Waals surface area contributed by atoms with Crippen LogP contribution in [0, 0.1) is 0 Å². The van der Waals surface area contributed by atoms with Crippen LogP contribution in [0.3, 0.4) is 0 Å². The Morgan fingerprint density at radius 3 is 2.60 bits per heavy atom. The molecular formula is C12H12ClNO. The molecule has 0 amide bonds. The lowest BCUT2D eigenvalue weighted by atomic mass is 10.1. The topological polar surface area (TPSA) is 29.4 Å². The van der Waals surface area contributed by atoms with Crippen LogP contribution < -0.4 is 0 Å². The SMILES string of the molecule is C/C=C(/C=O)N=C(C)c1ccccc1Cl. The van der Waals surface area contributed by atoms with Gasteiger partial charge in [-0.25, -0.2) is 0 Å². The van der Waals surface area contributed by atoms with Crippen LogP contribution in [0.4, 0.5) is 0 Å². The van der Waals surface area contributed by atoms with Crippen molar-refractivity contribution in [2.75, 3.05) is 0 Å². The molecular weight excluding hydrogens is 210 g/mol. The Balaban J connectivity index is 3.09. The zero-order chi connectivity index (χ0) is 11.3. The first-order valence-corrected chi connectivity index (χ1v) is 4.98. The molecule has 0 radical (unpaired) electrons. The van der Waals surface area contributed by atoms with E-state index in [4.69, 9.17) is 11.6 Å². The average Bonchev–Trinajstić information content (AvgIpc) is 2.26. The van der Waals surface area contributed by atoms with Gasteiger partial charge >= 0.3 is 0 Å². The van der Waals surface area contributed by atoms with Gasteiger partial charge in [0.2, 0.25) is 0 Å². The fraction of sp³-hybridized carbons (Fsp3) is 0.167. The summed E-state index contributed by atoms with van der Waals surface area (Å²) in [5.41, 5.74) is 1.99. The molecule has 1 rings (SSSR count). The van der Waals surface area contributed by atoms with E-state index in [1.54, 1.807) is 19.1 Å². The van der Waals surface area contributed by atoms with E-state index in [9.17, 15) is 4.79 Å². The summed E-state index contributed by atoms with van der Waals surface area (Å²) in [7, 11) is 0. The van der Waals surface area contributed by atoms with Gasteiger partial charge in [-0.2, -0.15) is 0 Å². The molecule has 0 aliphatic rings. The number of carbonyl (C=O) groups excluding carboxylic acids is 1. The fourth-order valence-electron chi connectivity index (χ4n) is 1.17. The van der Waals surface area contributed by atoms with Crippen LogP contribution in [-0.2, 0) is 4.79 Å². The van der Waals surface area contributed by atoms with Gasteiger partial charge in [-0.1, -0.05) is 35.9 Å². The molecule has 0 heterocycles. The van der Waals surface area contributed by atoms with Gasteiger partial charge in [0.15, 0.2) is 6.29 Å². The highest BCUT2D eigenvalue weighted by Crippen LogP contribution is 2.16. The molecule has 3 heteroatoms. The van der Waals surface area contributed by atoms with Crippen molar-refractivity contribution in [3.63, 3.8) is 0 Å². The number of aldehydes is 1. The van der Waals surface area contributed by atoms with Gasteiger partial charge in [0, 0.05) is 16.3 Å². The van der Waals surface area contributed by atoms with Crippen molar-refractivity contribution in [3.8, 4) is 0 Å². The third-order valence-corrected chi connectivity index (χ3v) is 2.31. The van der Waals surface area contributed by atoms with Crippen LogP contribution in [-0.4, -0.2) is 12.0 Å². The molecule has 0 spiro atoms. The Morgan fingerprint density at radius 1 is 1.40 bits per heavy atom. The summed E-state index contributed by atoms with van der Waals surface area (Å²) in [6, 6.07) is 7.41. The zero-order valence-corrected chi connectivity index (χ0v) is 9.45. The van der Waals surface area contributed by atoms with Crippen LogP contribution >= 0.6 is 11.6 Å². The molecule has 0 saturated heterocycles. The Bertz CT molecular complexity index is 421. The van der Waals surface area contributed by atoms with E-state index in [1.807, 2.05) is 25.1 Å². The summed E-state index contributed by atoms with van der Waals surface area (Å²) < 4.78 is 0. The smallest absolute Gasteiger partial charge is 0.168 e. The fourth-order valence-corrected chi connectivity index (χ4v) is 1.44. The summed E-state index contributed by atoms with van der Waals surface area (Å²) in [5.74, 6) is 0. The standard InChI is InChI=1S/C12H12ClNO/c1-3-10(8-15)14-9(2)11-6-4-5-7-12(11)13/h3-8H,1-2H3/b10-3-,14-9?. The molecule has 0 aromatic heterocycles. The van der Waals surface area contributed by atoms with Crippen LogP contribution in [0.5, 0.6) is 0 Å². The highest BCUT2D eigenvalue weighted by molar-refractivity contribution is 6.34. The second-order valence-corrected chi connectivity index (χ2v) is 3.42. The number of benzene rings is 1. The molecule has 0 bridgehead atoms. The van der Waals surface area contributed by atoms with Crippen molar-refractivity contribution < 1.29 is 4.79 Å². The molecule has 1 aromatic rings. The lowest BCUT2D eigenvalue weighted by Crippen LogP contribution is -1.97. The third kappa shape index (κ3) is 3.03. The molecule has 15 heavy (non-hydrogen) atoms. The van der Waals surface area contributed by atoms with E-state index in [0.29, 0.717) is 10.7 Å². The van der Waals surface area contributed by atoms with Crippen molar-refractivity contribution in [3.05, 3.63) is 46.6 Å². The predicted molar refractivity (Wildman–Crippen MR) is 63.5 cm³/mol. The van der Waals surface area contributed by atoms with E-state index >= 15 is 0 Å². The Kier molecular flexibility index (Phi) is 4.25. The first kappa shape index (κ1) is 11.7. The lowest BCUT2D eigenvalue weighted by Gasteiger charge is -2.02. The summed E-state index contributed by atoms with van der Waals surface area (Å²) in [5, 5.41) is 0.639. The maximum Gasteiger partial charge on any atom is 0.168 e. The molecule has 0 atom stereocenters. The van der Waals surface area contributed by atoms with Crippen molar-refractivity contribution in [2.45, 2.75) is 13.8 Å². The average molecular weight is 222 g/mol. The molecule has 0 saturated carbocycles. The maximum atomic E-state index is 10.6. The predicted octanol–water partition coefficient (Wildman–Crippen LogP) is 3.25. The van der Waals surface area contributed by atoms with Crippen molar-refractivity contribution in [2.24, 2.45) is 4.99 Å². The highest BCUT2D eigenvalue weighted by Gasteiger charge is 2.02. The number of rotatable bonds is 3. The first-order valence-electron chi connectivity index (χ1n) is 4.60. The number of aliphatic imine (C=N–C) groups is 1. The monoisotopic (exact) mass is 221 g/mol. The molecule has 0 fully saturated rings. The molecule has 0 N–H and O–H groups in total. The summed E-state index contributed by atoms with van der Waals surface area (Å²) in [6.07, 6.45) is 2.38. The number of carbonyl (C=O) groups is 1. The molecule has 0 unspecified atom stereocenters. The number of nitrogens with zero attached hydrogens (tertiary/aromatic N) is 1. The second kappa shape index (κ2) is 5.47. The van der Waals surface area contributed by atoms with Gasteiger partial charge in [0.1, 0.15) is 0 Å². The Labute approximate surface area is 94.3 Å². The lowest BCUT2D eigenvalue weighted by molar-refractivity contribution is -0.104. The van der Waals surface area contributed by atoms with Crippen molar-refractivity contribution in [1.82, 2.24) is 0 Å². The molecule has 0 aliphatic carbocycles. The second-order valence-electron chi connectivity index (χ2n) is 3.01. The summed E-state index contributed by atoms with van der Waals surface area (Å²) >= 11 is 6.00. The number of hydrogen-bond donors (Lipinski definition) is 0. The number of halogens is 1. The molecule has 2 nitrogen and oxygen atoms in total. The van der Waals surface area contributed by atoms with Gasteiger partial charge in [-0.15, -0.1) is 0 Å². The minimum Gasteiger partial charge on any atom is -0.296 e. The number of allylic oxidation sites excluding steroid dienone is 2. The zero-order valence-electron chi connectivity index (χ0n) is 8.70. The number of hydrogen-bond acceptors (Lipinski definition) is 2. The molecule has 0 aliphatic heterocycles. The van der Waals surface area contributed by atoms with E-state index in [2.05, 4.69) is 4.99 Å². The van der Waals surface area contributed by atoms with Gasteiger partial charge in [-0.05, 0) is 19.9 Å². The maximum absolute atomic E-state index is 10.6. The van der Waals surface area contributed by atoms with E-state index in [1.165, 1.54) is 0 Å². The highest BCUT2D eigenvalue weighted by atomic mass is 35.5. The quantitative estimate of drug-likeness (QED) is 0.438. The van der Waals surface area contributed by atoms with Crippen LogP contribution in [0.25, 0.3) is 0 Å². The van der Waals surface area contributed by atoms with Gasteiger partial charge in [0.25, 0.3) is 0 Å². The van der Waals surface area contributed by atoms with Gasteiger partial charge in [0.05, 0.1) is 5.70 Å². The van der Waals surface area contributed by atoms with Gasteiger partial charge in [-0.3, -0.25) is 9.79 Å².